The molecule has 0 fully saturated rings. The van der Waals surface area contributed by atoms with Gasteiger partial charge < -0.3 is 23.7 Å². The van der Waals surface area contributed by atoms with E-state index < -0.39 is 29.7 Å². The van der Waals surface area contributed by atoms with Crippen molar-refractivity contribution in [2.75, 3.05) is 31.9 Å². The Morgan fingerprint density at radius 2 is 1.49 bits per heavy atom. The Morgan fingerprint density at radius 3 is 2.22 bits per heavy atom. The first kappa shape index (κ1) is 57.4. The molecular formula is C62H61F3N4O8S. The van der Waals surface area contributed by atoms with Crippen molar-refractivity contribution in [3.8, 4) is 46.0 Å². The fourth-order valence-corrected chi connectivity index (χ4v) is 9.05. The molecule has 0 amide bonds. The predicted molar refractivity (Wildman–Crippen MR) is 301 cm³/mol. The summed E-state index contributed by atoms with van der Waals surface area (Å²) < 4.78 is 65.6. The number of fused-ring (bicyclic) bond motifs is 2. The Kier molecular flexibility index (Phi) is 21.1. The number of anilines is 1. The molecule has 0 aliphatic carbocycles. The van der Waals surface area contributed by atoms with E-state index in [-0.39, 0.29) is 36.7 Å². The van der Waals surface area contributed by atoms with E-state index in [0.717, 1.165) is 56.8 Å². The first-order valence-corrected chi connectivity index (χ1v) is 26.7. The molecule has 404 valence electrons. The van der Waals surface area contributed by atoms with E-state index in [1.165, 1.54) is 69.5 Å². The van der Waals surface area contributed by atoms with Gasteiger partial charge in [0.2, 0.25) is 5.13 Å². The first-order chi connectivity index (χ1) is 37.8. The van der Waals surface area contributed by atoms with Crippen LogP contribution >= 0.6 is 11.3 Å². The number of carbonyl (C=O) groups is 3. The average Bonchev–Trinajstić information content (AvgIpc) is 3.91. The lowest BCUT2D eigenvalue weighted by Crippen LogP contribution is -2.21. The Hall–Kier alpha value is -8.29. The van der Waals surface area contributed by atoms with Crippen LogP contribution in [-0.4, -0.2) is 67.1 Å². The van der Waals surface area contributed by atoms with Crippen LogP contribution in [0.5, 0.6) is 23.0 Å². The van der Waals surface area contributed by atoms with Crippen molar-refractivity contribution in [1.29, 1.82) is 0 Å². The van der Waals surface area contributed by atoms with E-state index in [2.05, 4.69) is 35.1 Å². The van der Waals surface area contributed by atoms with Crippen LogP contribution in [0.1, 0.15) is 112 Å². The summed E-state index contributed by atoms with van der Waals surface area (Å²) in [6, 6.07) is 32.3. The van der Waals surface area contributed by atoms with Crippen molar-refractivity contribution in [2.24, 2.45) is 5.10 Å². The number of hydrazone groups is 1. The lowest BCUT2D eigenvalue weighted by atomic mass is 10.0. The van der Waals surface area contributed by atoms with Gasteiger partial charge in [0.1, 0.15) is 27.4 Å². The molecular weight excluding hydrogens is 1020 g/mol. The number of benzene rings is 5. The number of esters is 3. The van der Waals surface area contributed by atoms with Crippen LogP contribution in [0.25, 0.3) is 38.3 Å². The number of carbonyl (C=O) groups excluding carboxylic acids is 3. The Bertz CT molecular complexity index is 3290. The highest BCUT2D eigenvalue weighted by atomic mass is 32.1. The molecule has 0 radical (unpaired) electrons. The standard InChI is InChI=1S/C62H61F3N4O8S/c1-5-7-8-9-10-11-12-13-14-15-35-69(61-68-53-19-16-34-66-58(53)78-61)67-42-51-40-47(46-24-20-44(18-6-2)21-25-46)29-32-54(51)76-57(70)33-23-45-22-31-55(56(38-45)73-4)77-60(72)50-27-26-49-41-52(30-28-48(49)39-50)74-36-17-37-75-59(71)43(3)62(63,64)65/h16,19-34,38-42H,3,5,7-15,17,35-37H2,1-2,4H3/b33-23+,67-42+. The monoisotopic (exact) mass is 1080 g/mol. The quantitative estimate of drug-likeness (QED) is 0.00925. The fourth-order valence-electron chi connectivity index (χ4n) is 8.16. The van der Waals surface area contributed by atoms with Crippen LogP contribution in [0.4, 0.5) is 18.3 Å². The molecule has 0 atom stereocenters. The summed E-state index contributed by atoms with van der Waals surface area (Å²) in [5.41, 5.74) is 3.38. The van der Waals surface area contributed by atoms with Gasteiger partial charge in [0, 0.05) is 36.4 Å². The van der Waals surface area contributed by atoms with E-state index in [4.69, 9.17) is 29.0 Å². The van der Waals surface area contributed by atoms with E-state index in [1.807, 2.05) is 53.5 Å². The third-order valence-electron chi connectivity index (χ3n) is 12.4. The summed E-state index contributed by atoms with van der Waals surface area (Å²) in [5.74, 6) is 4.39. The Morgan fingerprint density at radius 1 is 0.769 bits per heavy atom. The number of aromatic nitrogens is 2. The second-order valence-electron chi connectivity index (χ2n) is 18.2. The number of hydrogen-bond donors (Lipinski definition) is 0. The maximum atomic E-state index is 13.6. The zero-order chi connectivity index (χ0) is 55.3. The van der Waals surface area contributed by atoms with Crippen LogP contribution in [0.2, 0.25) is 0 Å². The second-order valence-corrected chi connectivity index (χ2v) is 19.1. The van der Waals surface area contributed by atoms with E-state index in [9.17, 15) is 27.6 Å². The minimum atomic E-state index is -4.86. The molecule has 2 aromatic heterocycles. The Labute approximate surface area is 456 Å². The number of ether oxygens (including phenoxy) is 5. The van der Waals surface area contributed by atoms with Crippen molar-refractivity contribution >= 4 is 67.8 Å². The van der Waals surface area contributed by atoms with Gasteiger partial charge in [0.15, 0.2) is 11.5 Å². The number of hydrogen-bond acceptors (Lipinski definition) is 13. The zero-order valence-corrected chi connectivity index (χ0v) is 44.7. The third-order valence-corrected chi connectivity index (χ3v) is 13.4. The number of pyridine rings is 1. The number of halogens is 3. The first-order valence-electron chi connectivity index (χ1n) is 25.9. The summed E-state index contributed by atoms with van der Waals surface area (Å²) in [7, 11) is 1.44. The number of alkyl halides is 3. The number of rotatable bonds is 27. The summed E-state index contributed by atoms with van der Waals surface area (Å²) >= 11 is 1.48. The molecule has 0 bridgehead atoms. The van der Waals surface area contributed by atoms with Crippen molar-refractivity contribution in [2.45, 2.75) is 90.7 Å². The molecule has 0 saturated carbocycles. The highest BCUT2D eigenvalue weighted by Crippen LogP contribution is 2.33. The van der Waals surface area contributed by atoms with Crippen LogP contribution in [0.3, 0.4) is 0 Å². The maximum absolute atomic E-state index is 13.6. The summed E-state index contributed by atoms with van der Waals surface area (Å²) in [6.45, 7) is 7.20. The molecule has 0 N–H and O–H groups in total. The largest absolute Gasteiger partial charge is 0.493 e. The third kappa shape index (κ3) is 16.9. The molecule has 0 aliphatic heterocycles. The van der Waals surface area contributed by atoms with Crippen molar-refractivity contribution < 1.29 is 51.2 Å². The molecule has 16 heteroatoms. The predicted octanol–water partition coefficient (Wildman–Crippen LogP) is 14.9. The number of nitrogens with zero attached hydrogens (tertiary/aromatic N) is 4. The van der Waals surface area contributed by atoms with Crippen molar-refractivity contribution in [1.82, 2.24) is 9.97 Å². The van der Waals surface area contributed by atoms with Crippen LogP contribution in [0, 0.1) is 11.8 Å². The number of methoxy groups -OCH3 is 1. The molecule has 7 rings (SSSR count). The van der Waals surface area contributed by atoms with Gasteiger partial charge in [-0.2, -0.15) is 18.3 Å². The summed E-state index contributed by atoms with van der Waals surface area (Å²) in [5, 5.41) is 9.07. The molecule has 78 heavy (non-hydrogen) atoms. The molecule has 2 heterocycles. The van der Waals surface area contributed by atoms with Gasteiger partial charge in [0.05, 0.1) is 32.1 Å². The molecule has 0 spiro atoms. The van der Waals surface area contributed by atoms with E-state index in [0.29, 0.717) is 34.6 Å². The molecule has 0 saturated heterocycles. The van der Waals surface area contributed by atoms with E-state index >= 15 is 0 Å². The van der Waals surface area contributed by atoms with Gasteiger partial charge in [0.25, 0.3) is 0 Å². The van der Waals surface area contributed by atoms with Crippen LogP contribution < -0.4 is 24.0 Å². The summed E-state index contributed by atoms with van der Waals surface area (Å²) in [4.78, 5) is 48.7. The van der Waals surface area contributed by atoms with E-state index in [1.54, 1.807) is 86.1 Å². The van der Waals surface area contributed by atoms with Crippen LogP contribution in [-0.2, 0) is 14.3 Å². The molecule has 0 aliphatic rings. The van der Waals surface area contributed by atoms with Crippen molar-refractivity contribution in [3.63, 3.8) is 0 Å². The molecule has 12 nitrogen and oxygen atoms in total. The second kappa shape index (κ2) is 28.7. The molecule has 7 aromatic rings. The highest BCUT2D eigenvalue weighted by Gasteiger charge is 2.38. The van der Waals surface area contributed by atoms with Crippen LogP contribution in [0.15, 0.2) is 139 Å². The fraction of sp³-hybridized carbons (Fsp3) is 0.290. The number of thiazole rings is 1. The minimum absolute atomic E-state index is 0.0742. The molecule has 0 unspecified atom stereocenters. The smallest absolute Gasteiger partial charge is 0.422 e. The topological polar surface area (TPSA) is 139 Å². The van der Waals surface area contributed by atoms with Gasteiger partial charge in [-0.15, -0.1) is 5.92 Å². The van der Waals surface area contributed by atoms with Gasteiger partial charge in [-0.1, -0.05) is 125 Å². The zero-order valence-electron chi connectivity index (χ0n) is 43.9. The SMILES string of the molecule is C=C(C(=O)OCCCOc1ccc2cc(C(=O)Oc3ccc(/C=C/C(=O)Oc4ccc(-c5ccc(C#CC)cc5)cc4/C=N/N(CCCCCCCCCCCC)c4nc5cccnc5s4)cc3OC)ccc2c1)C(F)(F)F. The maximum Gasteiger partial charge on any atom is 0.422 e. The minimum Gasteiger partial charge on any atom is -0.493 e. The summed E-state index contributed by atoms with van der Waals surface area (Å²) in [6.07, 6.45) is 13.7. The lowest BCUT2D eigenvalue weighted by Gasteiger charge is -2.16. The highest BCUT2D eigenvalue weighted by molar-refractivity contribution is 7.21. The van der Waals surface area contributed by atoms with Gasteiger partial charge in [-0.25, -0.2) is 29.4 Å². The normalized spacial score (nSPS) is 11.4. The van der Waals surface area contributed by atoms with Gasteiger partial charge >= 0.3 is 24.1 Å². The Balaban J connectivity index is 1.01. The van der Waals surface area contributed by atoms with Gasteiger partial charge in [-0.05, 0) is 120 Å². The lowest BCUT2D eigenvalue weighted by molar-refractivity contribution is -0.150. The number of unbranched alkanes of at least 4 members (excludes halogenated alkanes) is 9. The van der Waals surface area contributed by atoms with Crippen molar-refractivity contribution in [3.05, 3.63) is 156 Å². The molecule has 5 aromatic carbocycles. The van der Waals surface area contributed by atoms with Gasteiger partial charge in [-0.3, -0.25) is 0 Å². The average molecular weight is 1080 g/mol.